The highest BCUT2D eigenvalue weighted by Crippen LogP contribution is 2.40. The van der Waals surface area contributed by atoms with Gasteiger partial charge < -0.3 is 38.2 Å². The fourth-order valence-electron chi connectivity index (χ4n) is 9.07. The van der Waals surface area contributed by atoms with Crippen molar-refractivity contribution < 1.29 is 47.6 Å². The SMILES string of the molecule is CC1=C(C(=O)OCc2ccc(OCCCl)cc2)[C@@H](c2ccc(Cl)cc2)CC(=O)N1C[C@@H]1CCCO1.CC1=C(C(=O)OCc2ccc(OCCCl)cc2)[C@H](c2ccc(Cl)cc2)CC(=O)N1C[C@H]1CCCO1. The van der Waals surface area contributed by atoms with Crippen LogP contribution in [0.4, 0.5) is 0 Å². The van der Waals surface area contributed by atoms with Crippen LogP contribution in [0.1, 0.15) is 86.5 Å². The molecule has 0 aliphatic carbocycles. The van der Waals surface area contributed by atoms with Crippen LogP contribution in [0.5, 0.6) is 11.5 Å². The molecule has 12 nitrogen and oxygen atoms in total. The molecule has 0 unspecified atom stereocenters. The lowest BCUT2D eigenvalue weighted by Gasteiger charge is -2.35. The third-order valence-electron chi connectivity index (χ3n) is 12.7. The minimum Gasteiger partial charge on any atom is -0.492 e. The topological polar surface area (TPSA) is 130 Å². The Morgan fingerprint density at radius 2 is 0.943 bits per heavy atom. The third kappa shape index (κ3) is 14.1. The third-order valence-corrected chi connectivity index (χ3v) is 13.5. The number of hydrogen-bond acceptors (Lipinski definition) is 10. The molecular weight excluding hydrogens is 978 g/mol. The van der Waals surface area contributed by atoms with E-state index in [0.29, 0.717) is 95.4 Å². The highest BCUT2D eigenvalue weighted by Gasteiger charge is 2.40. The van der Waals surface area contributed by atoms with Crippen molar-refractivity contribution in [2.45, 2.75) is 89.6 Å². The Morgan fingerprint density at radius 1 is 0.571 bits per heavy atom. The Labute approximate surface area is 429 Å². The van der Waals surface area contributed by atoms with Crippen LogP contribution in [0.15, 0.2) is 120 Å². The Morgan fingerprint density at radius 3 is 1.27 bits per heavy atom. The maximum absolute atomic E-state index is 13.4. The summed E-state index contributed by atoms with van der Waals surface area (Å²) in [7, 11) is 0. The average Bonchev–Trinajstić information content (AvgIpc) is 4.10. The molecule has 0 saturated carbocycles. The molecule has 4 aliphatic rings. The second kappa shape index (κ2) is 25.9. The van der Waals surface area contributed by atoms with Crippen LogP contribution in [0.3, 0.4) is 0 Å². The van der Waals surface area contributed by atoms with Crippen molar-refractivity contribution in [3.8, 4) is 11.5 Å². The van der Waals surface area contributed by atoms with Gasteiger partial charge in [0.05, 0.1) is 48.2 Å². The predicted octanol–water partition coefficient (Wildman–Crippen LogP) is 10.9. The van der Waals surface area contributed by atoms with Crippen LogP contribution in [-0.4, -0.2) is 97.0 Å². The molecule has 372 valence electrons. The zero-order valence-electron chi connectivity index (χ0n) is 39.3. The lowest BCUT2D eigenvalue weighted by Crippen LogP contribution is -2.42. The molecule has 4 heterocycles. The average molecular weight is 1040 g/mol. The maximum atomic E-state index is 13.4. The molecule has 4 aromatic rings. The van der Waals surface area contributed by atoms with Gasteiger partial charge in [-0.2, -0.15) is 0 Å². The van der Waals surface area contributed by atoms with Gasteiger partial charge >= 0.3 is 11.9 Å². The van der Waals surface area contributed by atoms with E-state index in [4.69, 9.17) is 74.8 Å². The minimum atomic E-state index is -0.435. The van der Waals surface area contributed by atoms with Crippen LogP contribution in [0.2, 0.25) is 10.0 Å². The van der Waals surface area contributed by atoms with Crippen molar-refractivity contribution in [1.82, 2.24) is 9.80 Å². The first-order chi connectivity index (χ1) is 33.9. The molecule has 70 heavy (non-hydrogen) atoms. The summed E-state index contributed by atoms with van der Waals surface area (Å²) in [5.41, 5.74) is 5.59. The minimum absolute atomic E-state index is 0.0159. The van der Waals surface area contributed by atoms with Gasteiger partial charge in [-0.25, -0.2) is 9.59 Å². The number of halogens is 4. The number of benzene rings is 4. The molecule has 8 rings (SSSR count). The van der Waals surface area contributed by atoms with Crippen molar-refractivity contribution in [3.63, 3.8) is 0 Å². The number of rotatable bonds is 18. The molecule has 0 spiro atoms. The number of nitrogens with zero attached hydrogens (tertiary/aromatic N) is 2. The fraction of sp³-hybridized carbons (Fsp3) is 0.407. The molecule has 2 fully saturated rings. The first-order valence-electron chi connectivity index (χ1n) is 23.6. The summed E-state index contributed by atoms with van der Waals surface area (Å²) in [6.45, 7) is 6.99. The van der Waals surface area contributed by atoms with Crippen LogP contribution in [-0.2, 0) is 51.3 Å². The van der Waals surface area contributed by atoms with Gasteiger partial charge in [0.2, 0.25) is 11.8 Å². The van der Waals surface area contributed by atoms with E-state index in [1.165, 1.54) is 0 Å². The summed E-state index contributed by atoms with van der Waals surface area (Å²) in [4.78, 5) is 56.5. The molecule has 2 amide bonds. The van der Waals surface area contributed by atoms with Crippen LogP contribution in [0.25, 0.3) is 0 Å². The van der Waals surface area contributed by atoms with E-state index in [2.05, 4.69) is 0 Å². The number of esters is 2. The largest absolute Gasteiger partial charge is 0.492 e. The lowest BCUT2D eigenvalue weighted by molar-refractivity contribution is -0.143. The van der Waals surface area contributed by atoms with Gasteiger partial charge in [0.25, 0.3) is 0 Å². The first-order valence-corrected chi connectivity index (χ1v) is 25.4. The van der Waals surface area contributed by atoms with Gasteiger partial charge in [0.15, 0.2) is 0 Å². The zero-order valence-corrected chi connectivity index (χ0v) is 42.4. The highest BCUT2D eigenvalue weighted by molar-refractivity contribution is 6.30. The van der Waals surface area contributed by atoms with Gasteiger partial charge in [0.1, 0.15) is 37.9 Å². The zero-order chi connectivity index (χ0) is 49.6. The predicted molar refractivity (Wildman–Crippen MR) is 269 cm³/mol. The molecule has 16 heteroatoms. The molecule has 4 atom stereocenters. The first kappa shape index (κ1) is 52.7. The number of alkyl halides is 2. The summed E-state index contributed by atoms with van der Waals surface area (Å²) < 4.78 is 33.9. The van der Waals surface area contributed by atoms with E-state index in [9.17, 15) is 19.2 Å². The summed E-state index contributed by atoms with van der Waals surface area (Å²) in [6, 6.07) is 29.2. The molecule has 0 aromatic heterocycles. The summed E-state index contributed by atoms with van der Waals surface area (Å²) >= 11 is 23.5. The van der Waals surface area contributed by atoms with E-state index in [0.717, 1.165) is 47.9 Å². The normalized spacial score (nSPS) is 20.3. The van der Waals surface area contributed by atoms with Gasteiger partial charge in [-0.15, -0.1) is 23.2 Å². The van der Waals surface area contributed by atoms with E-state index < -0.39 is 23.8 Å². The number of allylic oxidation sites excluding steroid dienone is 2. The van der Waals surface area contributed by atoms with Crippen molar-refractivity contribution in [3.05, 3.63) is 152 Å². The second-order valence-electron chi connectivity index (χ2n) is 17.4. The van der Waals surface area contributed by atoms with Gasteiger partial charge in [0, 0.05) is 59.3 Å². The molecular formula is C54H58Cl4N2O10. The molecule has 4 aromatic carbocycles. The molecule has 0 N–H and O–H groups in total. The van der Waals surface area contributed by atoms with Gasteiger partial charge in [-0.3, -0.25) is 9.59 Å². The standard InChI is InChI=1S/2C27H29Cl2NO5/c2*1-18-26(27(32)35-17-19-4-10-22(11-5-19)34-14-12-28)24(20-6-8-21(29)9-7-20)15-25(31)30(18)16-23-3-2-13-33-23/h2*4-11,23-24H,2-3,12-17H2,1H3/t2*23-,24+/m10/s1. The number of amides is 2. The van der Waals surface area contributed by atoms with Crippen LogP contribution in [0, 0.1) is 0 Å². The van der Waals surface area contributed by atoms with Crippen LogP contribution < -0.4 is 9.47 Å². The van der Waals surface area contributed by atoms with Gasteiger partial charge in [-0.1, -0.05) is 71.7 Å². The van der Waals surface area contributed by atoms with E-state index in [-0.39, 0.29) is 50.1 Å². The monoisotopic (exact) mass is 1030 g/mol. The fourth-order valence-corrected chi connectivity index (χ4v) is 9.48. The van der Waals surface area contributed by atoms with Gasteiger partial charge in [-0.05, 0) is 110 Å². The Kier molecular flexibility index (Phi) is 19.5. The summed E-state index contributed by atoms with van der Waals surface area (Å²) in [5, 5.41) is 1.19. The quantitative estimate of drug-likeness (QED) is 0.0701. The van der Waals surface area contributed by atoms with Crippen molar-refractivity contribution in [2.75, 3.05) is 51.3 Å². The smallest absolute Gasteiger partial charge is 0.336 e. The number of ether oxygens (including phenoxy) is 6. The van der Waals surface area contributed by atoms with E-state index in [1.807, 2.05) is 86.6 Å². The Hall–Kier alpha value is -5.08. The summed E-state index contributed by atoms with van der Waals surface area (Å²) in [6.07, 6.45) is 4.10. The second-order valence-corrected chi connectivity index (χ2v) is 19.0. The number of carbonyl (C=O) groups excluding carboxylic acids is 4. The summed E-state index contributed by atoms with van der Waals surface area (Å²) in [5.74, 6) is 0.506. The van der Waals surface area contributed by atoms with Crippen LogP contribution >= 0.6 is 46.4 Å². The molecule has 2 saturated heterocycles. The van der Waals surface area contributed by atoms with Crippen molar-refractivity contribution >= 4 is 70.2 Å². The highest BCUT2D eigenvalue weighted by atomic mass is 35.5. The molecule has 4 aliphatic heterocycles. The lowest BCUT2D eigenvalue weighted by atomic mass is 9.83. The maximum Gasteiger partial charge on any atom is 0.336 e. The van der Waals surface area contributed by atoms with E-state index >= 15 is 0 Å². The van der Waals surface area contributed by atoms with Crippen molar-refractivity contribution in [2.24, 2.45) is 0 Å². The van der Waals surface area contributed by atoms with Crippen molar-refractivity contribution in [1.29, 1.82) is 0 Å². The number of hydrogen-bond donors (Lipinski definition) is 0. The van der Waals surface area contributed by atoms with E-state index in [1.54, 1.807) is 34.1 Å². The number of carbonyl (C=O) groups is 4. The Balaban J connectivity index is 0.000000206. The Bertz CT molecular complexity index is 2300. The molecule has 0 bridgehead atoms. The molecule has 0 radical (unpaired) electrons.